The molecule has 0 amide bonds. The molecule has 0 aromatic rings. The smallest absolute Gasteiger partial charge is 0.306 e. The third-order valence-electron chi connectivity index (χ3n) is 8.76. The molecule has 0 aromatic carbocycles. The fraction of sp³-hybridized carbons (Fsp3) is 0.870. The molecule has 6 heteroatoms. The lowest BCUT2D eigenvalue weighted by molar-refractivity contribution is -0.175. The standard InChI is InChI=1S/C23H34O6/c1-13(24)27-16-7-9-22(3)15(11-16)12-20(26)29-21-17-5-6-19(28-14(2)25)23(17,4)10-8-18(21)22/h15-19,21H,5-12H2,1-4H3/t15-,16-,17+,18+,19-,21-,22-,23+/m0/s1. The van der Waals surface area contributed by atoms with Crippen LogP contribution in [0.5, 0.6) is 0 Å². The highest BCUT2D eigenvalue weighted by Gasteiger charge is 2.62. The average Bonchev–Trinajstić information content (AvgIpc) is 2.88. The number of carbonyl (C=O) groups is 3. The van der Waals surface area contributed by atoms with Crippen LogP contribution < -0.4 is 0 Å². The molecule has 4 fully saturated rings. The zero-order valence-corrected chi connectivity index (χ0v) is 18.1. The molecule has 0 spiro atoms. The van der Waals surface area contributed by atoms with Gasteiger partial charge in [-0.05, 0) is 56.3 Å². The van der Waals surface area contributed by atoms with E-state index in [9.17, 15) is 14.4 Å². The molecule has 1 saturated heterocycles. The van der Waals surface area contributed by atoms with Crippen molar-refractivity contribution in [3.05, 3.63) is 0 Å². The summed E-state index contributed by atoms with van der Waals surface area (Å²) in [6, 6.07) is 0. The van der Waals surface area contributed by atoms with Crippen LogP contribution in [0.3, 0.4) is 0 Å². The van der Waals surface area contributed by atoms with Gasteiger partial charge < -0.3 is 14.2 Å². The molecule has 1 heterocycles. The lowest BCUT2D eigenvalue weighted by atomic mass is 9.52. The Kier molecular flexibility index (Phi) is 5.19. The van der Waals surface area contributed by atoms with Gasteiger partial charge in [0.1, 0.15) is 18.3 Å². The Morgan fingerprint density at radius 1 is 0.931 bits per heavy atom. The third kappa shape index (κ3) is 3.46. The molecule has 6 nitrogen and oxygen atoms in total. The molecule has 8 atom stereocenters. The topological polar surface area (TPSA) is 78.9 Å². The van der Waals surface area contributed by atoms with Gasteiger partial charge in [-0.2, -0.15) is 0 Å². The van der Waals surface area contributed by atoms with Gasteiger partial charge >= 0.3 is 17.9 Å². The number of ether oxygens (including phenoxy) is 3. The molecular formula is C23H34O6. The molecule has 4 aliphatic rings. The molecule has 0 N–H and O–H groups in total. The van der Waals surface area contributed by atoms with Gasteiger partial charge in [-0.3, -0.25) is 14.4 Å². The van der Waals surface area contributed by atoms with Gasteiger partial charge in [0, 0.05) is 37.5 Å². The van der Waals surface area contributed by atoms with E-state index >= 15 is 0 Å². The normalized spacial score (nSPS) is 46.4. The molecule has 29 heavy (non-hydrogen) atoms. The van der Waals surface area contributed by atoms with E-state index in [1.165, 1.54) is 13.8 Å². The van der Waals surface area contributed by atoms with Crippen molar-refractivity contribution in [3.8, 4) is 0 Å². The van der Waals surface area contributed by atoms with E-state index in [4.69, 9.17) is 14.2 Å². The Morgan fingerprint density at radius 2 is 1.59 bits per heavy atom. The number of fused-ring (bicyclic) bond motifs is 5. The van der Waals surface area contributed by atoms with E-state index in [1.807, 2.05) is 0 Å². The van der Waals surface area contributed by atoms with E-state index in [2.05, 4.69) is 13.8 Å². The Morgan fingerprint density at radius 3 is 2.28 bits per heavy atom. The summed E-state index contributed by atoms with van der Waals surface area (Å²) in [5, 5.41) is 0. The molecule has 0 radical (unpaired) electrons. The fourth-order valence-corrected chi connectivity index (χ4v) is 7.22. The summed E-state index contributed by atoms with van der Waals surface area (Å²) >= 11 is 0. The molecule has 0 bridgehead atoms. The van der Waals surface area contributed by atoms with E-state index in [1.54, 1.807) is 0 Å². The largest absolute Gasteiger partial charge is 0.463 e. The van der Waals surface area contributed by atoms with Gasteiger partial charge in [-0.1, -0.05) is 13.8 Å². The maximum absolute atomic E-state index is 12.8. The van der Waals surface area contributed by atoms with Crippen molar-refractivity contribution >= 4 is 17.9 Å². The van der Waals surface area contributed by atoms with Crippen LogP contribution in [0.1, 0.15) is 79.1 Å². The summed E-state index contributed by atoms with van der Waals surface area (Å²) in [5.74, 6) is 0.120. The third-order valence-corrected chi connectivity index (χ3v) is 8.76. The molecule has 3 aliphatic carbocycles. The SMILES string of the molecule is CC(=O)O[C@H]1CC[C@@]2(C)[C@H](CC(=O)O[C@@H]3[C@H]2CC[C@@]2(C)[C@@H](OC(C)=O)CC[C@H]32)C1. The maximum Gasteiger partial charge on any atom is 0.306 e. The van der Waals surface area contributed by atoms with Crippen LogP contribution in [0, 0.1) is 28.6 Å². The monoisotopic (exact) mass is 406 g/mol. The molecule has 3 saturated carbocycles. The first kappa shape index (κ1) is 20.7. The lowest BCUT2D eigenvalue weighted by Gasteiger charge is -2.54. The number of esters is 3. The van der Waals surface area contributed by atoms with Gasteiger partial charge in [0.2, 0.25) is 0 Å². The van der Waals surface area contributed by atoms with Crippen LogP contribution in [-0.4, -0.2) is 36.2 Å². The molecule has 1 aliphatic heterocycles. The molecule has 0 unspecified atom stereocenters. The second-order valence-electron chi connectivity index (χ2n) is 10.3. The van der Waals surface area contributed by atoms with Crippen molar-refractivity contribution < 1.29 is 28.6 Å². The second-order valence-corrected chi connectivity index (χ2v) is 10.3. The quantitative estimate of drug-likeness (QED) is 0.513. The summed E-state index contributed by atoms with van der Waals surface area (Å²) in [6.07, 6.45) is 6.40. The first-order chi connectivity index (χ1) is 13.6. The van der Waals surface area contributed by atoms with Gasteiger partial charge in [-0.25, -0.2) is 0 Å². The lowest BCUT2D eigenvalue weighted by Crippen LogP contribution is -2.54. The van der Waals surface area contributed by atoms with Gasteiger partial charge in [0.15, 0.2) is 0 Å². The van der Waals surface area contributed by atoms with E-state index in [0.717, 1.165) is 44.9 Å². The van der Waals surface area contributed by atoms with Crippen LogP contribution in [0.4, 0.5) is 0 Å². The molecule has 162 valence electrons. The van der Waals surface area contributed by atoms with Crippen LogP contribution in [0.2, 0.25) is 0 Å². The predicted octanol–water partition coefficient (Wildman–Crippen LogP) is 3.80. The first-order valence-corrected chi connectivity index (χ1v) is 11.2. The number of rotatable bonds is 2. The van der Waals surface area contributed by atoms with Crippen molar-refractivity contribution in [2.75, 3.05) is 0 Å². The molecular weight excluding hydrogens is 372 g/mol. The van der Waals surface area contributed by atoms with Gasteiger partial charge in [0.05, 0.1) is 0 Å². The maximum atomic E-state index is 12.8. The Labute approximate surface area is 173 Å². The zero-order valence-electron chi connectivity index (χ0n) is 18.1. The zero-order chi connectivity index (χ0) is 21.0. The van der Waals surface area contributed by atoms with E-state index in [0.29, 0.717) is 12.3 Å². The minimum Gasteiger partial charge on any atom is -0.463 e. The number of carbonyl (C=O) groups excluding carboxylic acids is 3. The summed E-state index contributed by atoms with van der Waals surface area (Å²) in [7, 11) is 0. The van der Waals surface area contributed by atoms with Gasteiger partial charge in [-0.15, -0.1) is 0 Å². The second kappa shape index (κ2) is 7.28. The molecule has 0 aromatic heterocycles. The van der Waals surface area contributed by atoms with Crippen molar-refractivity contribution in [3.63, 3.8) is 0 Å². The van der Waals surface area contributed by atoms with Crippen LogP contribution >= 0.6 is 0 Å². The highest BCUT2D eigenvalue weighted by molar-refractivity contribution is 5.71. The average molecular weight is 407 g/mol. The predicted molar refractivity (Wildman–Crippen MR) is 105 cm³/mol. The van der Waals surface area contributed by atoms with Crippen LogP contribution in [-0.2, 0) is 28.6 Å². The number of hydrogen-bond donors (Lipinski definition) is 0. The Balaban J connectivity index is 1.59. The Hall–Kier alpha value is -1.59. The van der Waals surface area contributed by atoms with Crippen LogP contribution in [0.15, 0.2) is 0 Å². The Bertz CT molecular complexity index is 703. The minimum atomic E-state index is -0.247. The van der Waals surface area contributed by atoms with Crippen molar-refractivity contribution in [2.24, 2.45) is 28.6 Å². The van der Waals surface area contributed by atoms with E-state index in [-0.39, 0.29) is 58.9 Å². The fourth-order valence-electron chi connectivity index (χ4n) is 7.22. The van der Waals surface area contributed by atoms with Crippen molar-refractivity contribution in [1.29, 1.82) is 0 Å². The highest BCUT2D eigenvalue weighted by atomic mass is 16.6. The highest BCUT2D eigenvalue weighted by Crippen LogP contribution is 2.62. The summed E-state index contributed by atoms with van der Waals surface area (Å²) < 4.78 is 17.3. The summed E-state index contributed by atoms with van der Waals surface area (Å²) in [6.45, 7) is 7.46. The number of hydrogen-bond acceptors (Lipinski definition) is 6. The summed E-state index contributed by atoms with van der Waals surface area (Å²) in [5.41, 5.74) is -0.118. The molecule has 4 rings (SSSR count). The van der Waals surface area contributed by atoms with Crippen molar-refractivity contribution in [2.45, 2.75) is 97.4 Å². The van der Waals surface area contributed by atoms with Gasteiger partial charge in [0.25, 0.3) is 0 Å². The van der Waals surface area contributed by atoms with Crippen LogP contribution in [0.25, 0.3) is 0 Å². The minimum absolute atomic E-state index is 0.00826. The first-order valence-electron chi connectivity index (χ1n) is 11.2. The van der Waals surface area contributed by atoms with Crippen molar-refractivity contribution in [1.82, 2.24) is 0 Å². The van der Waals surface area contributed by atoms with E-state index < -0.39 is 0 Å². The summed E-state index contributed by atoms with van der Waals surface area (Å²) in [4.78, 5) is 35.8.